The highest BCUT2D eigenvalue weighted by Crippen LogP contribution is 2.09. The molecule has 1 atom stereocenters. The van der Waals surface area contributed by atoms with Gasteiger partial charge in [0.05, 0.1) is 5.92 Å². The summed E-state index contributed by atoms with van der Waals surface area (Å²) in [6, 6.07) is 0.248. The van der Waals surface area contributed by atoms with Crippen molar-refractivity contribution in [2.24, 2.45) is 5.92 Å². The summed E-state index contributed by atoms with van der Waals surface area (Å²) in [5.41, 5.74) is 0. The van der Waals surface area contributed by atoms with Gasteiger partial charge in [-0.3, -0.25) is 9.59 Å². The highest BCUT2D eigenvalue weighted by molar-refractivity contribution is 5.89. The van der Waals surface area contributed by atoms with E-state index in [9.17, 15) is 9.59 Å². The van der Waals surface area contributed by atoms with Gasteiger partial charge >= 0.3 is 0 Å². The van der Waals surface area contributed by atoms with Gasteiger partial charge in [0.25, 0.3) is 0 Å². The van der Waals surface area contributed by atoms with Gasteiger partial charge in [-0.05, 0) is 12.8 Å². The molecule has 1 fully saturated rings. The van der Waals surface area contributed by atoms with Crippen LogP contribution in [-0.2, 0) is 9.59 Å². The fraction of sp³-hybridized carbons (Fsp3) is 0.800. The van der Waals surface area contributed by atoms with Gasteiger partial charge in [0, 0.05) is 19.0 Å². The minimum atomic E-state index is -0.164. The van der Waals surface area contributed by atoms with Crippen LogP contribution in [-0.4, -0.2) is 24.4 Å². The molecule has 2 amide bonds. The molecular weight excluding hydrogens is 180 g/mol. The molecule has 1 unspecified atom stereocenters. The largest absolute Gasteiger partial charge is 0.355 e. The molecule has 4 nitrogen and oxygen atoms in total. The third-order valence-electron chi connectivity index (χ3n) is 2.68. The van der Waals surface area contributed by atoms with Crippen LogP contribution in [0.25, 0.3) is 0 Å². The smallest absolute Gasteiger partial charge is 0.225 e. The second-order valence-corrected chi connectivity index (χ2v) is 3.73. The van der Waals surface area contributed by atoms with Crippen molar-refractivity contribution < 1.29 is 9.59 Å². The van der Waals surface area contributed by atoms with Crippen LogP contribution < -0.4 is 10.6 Å². The predicted octanol–water partition coefficient (Wildman–Crippen LogP) is 0.427. The summed E-state index contributed by atoms with van der Waals surface area (Å²) in [7, 11) is 0. The number of nitrogens with one attached hydrogen (secondary N) is 2. The Labute approximate surface area is 84.4 Å². The Balaban J connectivity index is 2.38. The zero-order valence-corrected chi connectivity index (χ0v) is 8.80. The summed E-state index contributed by atoms with van der Waals surface area (Å²) in [6.45, 7) is 4.59. The Hall–Kier alpha value is -1.06. The standard InChI is InChI=1S/C10H18N2O2/c1-3-8(4-2)12-10(14)7-5-9(13)11-6-7/h7-8H,3-6H2,1-2H3,(H,11,13)(H,12,14). The molecule has 0 aromatic carbocycles. The molecule has 0 aromatic heterocycles. The molecule has 1 rings (SSSR count). The Bertz CT molecular complexity index is 224. The fourth-order valence-corrected chi connectivity index (χ4v) is 1.60. The van der Waals surface area contributed by atoms with E-state index in [-0.39, 0.29) is 23.8 Å². The summed E-state index contributed by atoms with van der Waals surface area (Å²) in [4.78, 5) is 22.5. The van der Waals surface area contributed by atoms with E-state index in [1.165, 1.54) is 0 Å². The van der Waals surface area contributed by atoms with Crippen molar-refractivity contribution >= 4 is 11.8 Å². The van der Waals surface area contributed by atoms with Crippen molar-refractivity contribution in [2.45, 2.75) is 39.2 Å². The molecule has 0 aliphatic carbocycles. The van der Waals surface area contributed by atoms with E-state index >= 15 is 0 Å². The van der Waals surface area contributed by atoms with Crippen LogP contribution in [0.2, 0.25) is 0 Å². The summed E-state index contributed by atoms with van der Waals surface area (Å²) < 4.78 is 0. The molecule has 0 saturated carbocycles. The van der Waals surface area contributed by atoms with Crippen LogP contribution in [0, 0.1) is 5.92 Å². The van der Waals surface area contributed by atoms with Gasteiger partial charge in [-0.15, -0.1) is 0 Å². The van der Waals surface area contributed by atoms with Crippen LogP contribution in [0.4, 0.5) is 0 Å². The maximum atomic E-state index is 11.6. The lowest BCUT2D eigenvalue weighted by Crippen LogP contribution is -2.38. The van der Waals surface area contributed by atoms with Crippen molar-refractivity contribution in [3.05, 3.63) is 0 Å². The summed E-state index contributed by atoms with van der Waals surface area (Å²) in [6.07, 6.45) is 2.22. The first-order chi connectivity index (χ1) is 6.67. The van der Waals surface area contributed by atoms with Crippen molar-refractivity contribution in [3.63, 3.8) is 0 Å². The van der Waals surface area contributed by atoms with Crippen LogP contribution >= 0.6 is 0 Å². The first-order valence-corrected chi connectivity index (χ1v) is 5.24. The second-order valence-electron chi connectivity index (χ2n) is 3.73. The molecule has 4 heteroatoms. The number of carbonyl (C=O) groups excluding carboxylic acids is 2. The zero-order chi connectivity index (χ0) is 10.6. The Morgan fingerprint density at radius 3 is 2.64 bits per heavy atom. The van der Waals surface area contributed by atoms with Gasteiger partial charge in [0.15, 0.2) is 0 Å². The molecule has 0 bridgehead atoms. The van der Waals surface area contributed by atoms with E-state index in [1.807, 2.05) is 13.8 Å². The van der Waals surface area contributed by atoms with Gasteiger partial charge in [-0.2, -0.15) is 0 Å². The lowest BCUT2D eigenvalue weighted by molar-refractivity contribution is -0.127. The van der Waals surface area contributed by atoms with Crippen LogP contribution in [0.5, 0.6) is 0 Å². The number of amides is 2. The number of hydrogen-bond acceptors (Lipinski definition) is 2. The minimum absolute atomic E-state index is 0.0112. The number of rotatable bonds is 4. The maximum Gasteiger partial charge on any atom is 0.225 e. The molecule has 2 N–H and O–H groups in total. The van der Waals surface area contributed by atoms with Crippen molar-refractivity contribution in [1.29, 1.82) is 0 Å². The number of carbonyl (C=O) groups is 2. The normalized spacial score (nSPS) is 21.1. The lowest BCUT2D eigenvalue weighted by atomic mass is 10.1. The predicted molar refractivity (Wildman–Crippen MR) is 53.6 cm³/mol. The van der Waals surface area contributed by atoms with E-state index in [4.69, 9.17) is 0 Å². The molecule has 1 saturated heterocycles. The van der Waals surface area contributed by atoms with Crippen LogP contribution in [0.15, 0.2) is 0 Å². The monoisotopic (exact) mass is 198 g/mol. The molecule has 80 valence electrons. The third-order valence-corrected chi connectivity index (χ3v) is 2.68. The molecular formula is C10H18N2O2. The highest BCUT2D eigenvalue weighted by atomic mass is 16.2. The molecule has 14 heavy (non-hydrogen) atoms. The summed E-state index contributed by atoms with van der Waals surface area (Å²) >= 11 is 0. The number of hydrogen-bond donors (Lipinski definition) is 2. The first-order valence-electron chi connectivity index (χ1n) is 5.24. The Morgan fingerprint density at radius 2 is 2.21 bits per heavy atom. The lowest BCUT2D eigenvalue weighted by Gasteiger charge is -2.16. The summed E-state index contributed by atoms with van der Waals surface area (Å²) in [5.74, 6) is -0.171. The van der Waals surface area contributed by atoms with Gasteiger partial charge in [-0.1, -0.05) is 13.8 Å². The van der Waals surface area contributed by atoms with Crippen LogP contribution in [0.3, 0.4) is 0 Å². The van der Waals surface area contributed by atoms with E-state index in [0.717, 1.165) is 12.8 Å². The van der Waals surface area contributed by atoms with E-state index in [2.05, 4.69) is 10.6 Å². The molecule has 0 spiro atoms. The molecule has 0 radical (unpaired) electrons. The molecule has 1 aliphatic heterocycles. The topological polar surface area (TPSA) is 58.2 Å². The van der Waals surface area contributed by atoms with Gasteiger partial charge in [0.2, 0.25) is 11.8 Å². The summed E-state index contributed by atoms with van der Waals surface area (Å²) in [5, 5.41) is 5.61. The zero-order valence-electron chi connectivity index (χ0n) is 8.80. The molecule has 1 heterocycles. The van der Waals surface area contributed by atoms with E-state index < -0.39 is 0 Å². The van der Waals surface area contributed by atoms with Crippen molar-refractivity contribution in [3.8, 4) is 0 Å². The fourth-order valence-electron chi connectivity index (χ4n) is 1.60. The Kier molecular flexibility index (Phi) is 3.92. The van der Waals surface area contributed by atoms with E-state index in [1.54, 1.807) is 0 Å². The van der Waals surface area contributed by atoms with Crippen molar-refractivity contribution in [1.82, 2.24) is 10.6 Å². The van der Waals surface area contributed by atoms with Crippen molar-refractivity contribution in [2.75, 3.05) is 6.54 Å². The minimum Gasteiger partial charge on any atom is -0.355 e. The first kappa shape index (κ1) is 11.0. The van der Waals surface area contributed by atoms with Gasteiger partial charge in [-0.25, -0.2) is 0 Å². The highest BCUT2D eigenvalue weighted by Gasteiger charge is 2.28. The molecule has 0 aromatic rings. The van der Waals surface area contributed by atoms with Crippen LogP contribution in [0.1, 0.15) is 33.1 Å². The van der Waals surface area contributed by atoms with Gasteiger partial charge < -0.3 is 10.6 Å². The molecule has 1 aliphatic rings. The maximum absolute atomic E-state index is 11.6. The second kappa shape index (κ2) is 4.98. The Morgan fingerprint density at radius 1 is 1.57 bits per heavy atom. The van der Waals surface area contributed by atoms with Gasteiger partial charge in [0.1, 0.15) is 0 Å². The van der Waals surface area contributed by atoms with E-state index in [0.29, 0.717) is 13.0 Å². The average molecular weight is 198 g/mol. The SMILES string of the molecule is CCC(CC)NC(=O)C1CNC(=O)C1. The quantitative estimate of drug-likeness (QED) is 0.688. The third kappa shape index (κ3) is 2.72. The average Bonchev–Trinajstić information content (AvgIpc) is 2.61.